The van der Waals surface area contributed by atoms with Crippen LogP contribution in [0.15, 0.2) is 30.3 Å². The molecule has 2 fully saturated rings. The van der Waals surface area contributed by atoms with Crippen molar-refractivity contribution in [1.82, 2.24) is 9.80 Å². The van der Waals surface area contributed by atoms with Gasteiger partial charge in [-0.1, -0.05) is 51.1 Å². The van der Waals surface area contributed by atoms with Crippen LogP contribution in [0.25, 0.3) is 0 Å². The summed E-state index contributed by atoms with van der Waals surface area (Å²) in [5.41, 5.74) is 0.753. The van der Waals surface area contributed by atoms with Crippen molar-refractivity contribution in [3.63, 3.8) is 0 Å². The normalized spacial score (nSPS) is 20.6. The maximum atomic E-state index is 13.7. The molecular weight excluding hydrogens is 420 g/mol. The van der Waals surface area contributed by atoms with Gasteiger partial charge in [0, 0.05) is 13.1 Å². The lowest BCUT2D eigenvalue weighted by atomic mass is 9.77. The van der Waals surface area contributed by atoms with Gasteiger partial charge in [-0.15, -0.1) is 0 Å². The highest BCUT2D eigenvalue weighted by molar-refractivity contribution is 5.89. The molecule has 1 amide bonds. The number of carbonyl (C=O) groups is 3. The van der Waals surface area contributed by atoms with E-state index < -0.39 is 23.3 Å². The van der Waals surface area contributed by atoms with Gasteiger partial charge in [-0.25, -0.2) is 4.79 Å². The van der Waals surface area contributed by atoms with E-state index in [0.29, 0.717) is 13.2 Å². The van der Waals surface area contributed by atoms with E-state index in [1.165, 1.54) is 12.7 Å². The molecular formula is C26H38N2O5. The van der Waals surface area contributed by atoms with Crippen LogP contribution in [0.4, 0.5) is 0 Å². The summed E-state index contributed by atoms with van der Waals surface area (Å²) in [6.07, 6.45) is 4.76. The van der Waals surface area contributed by atoms with Gasteiger partial charge in [0.1, 0.15) is 12.1 Å². The van der Waals surface area contributed by atoms with Crippen LogP contribution in [0.2, 0.25) is 0 Å². The molecule has 2 aliphatic rings. The van der Waals surface area contributed by atoms with Gasteiger partial charge >= 0.3 is 11.9 Å². The number of benzene rings is 1. The molecule has 7 nitrogen and oxygen atoms in total. The highest BCUT2D eigenvalue weighted by Gasteiger charge is 2.45. The predicted molar refractivity (Wildman–Crippen MR) is 125 cm³/mol. The fraction of sp³-hybridized carbons (Fsp3) is 0.654. The van der Waals surface area contributed by atoms with Gasteiger partial charge in [0.25, 0.3) is 0 Å². The lowest BCUT2D eigenvalue weighted by Gasteiger charge is -2.34. The van der Waals surface area contributed by atoms with Crippen LogP contribution in [0.1, 0.15) is 58.4 Å². The first-order chi connectivity index (χ1) is 15.7. The monoisotopic (exact) mass is 458 g/mol. The van der Waals surface area contributed by atoms with Crippen molar-refractivity contribution in [2.24, 2.45) is 11.3 Å². The van der Waals surface area contributed by atoms with Crippen molar-refractivity contribution >= 4 is 17.8 Å². The second kappa shape index (κ2) is 11.1. The summed E-state index contributed by atoms with van der Waals surface area (Å²) in [6, 6.07) is 9.46. The van der Waals surface area contributed by atoms with Gasteiger partial charge in [0.15, 0.2) is 0 Å². The van der Waals surface area contributed by atoms with Crippen molar-refractivity contribution in [3.8, 4) is 0 Å². The molecule has 3 rings (SSSR count). The molecule has 0 spiro atoms. The van der Waals surface area contributed by atoms with Gasteiger partial charge in [0.2, 0.25) is 5.91 Å². The molecule has 1 saturated carbocycles. The molecule has 0 aromatic heterocycles. The topological polar surface area (TPSA) is 76.2 Å². The Labute approximate surface area is 197 Å². The first-order valence-electron chi connectivity index (χ1n) is 12.0. The van der Waals surface area contributed by atoms with Gasteiger partial charge < -0.3 is 14.4 Å². The number of carbonyl (C=O) groups excluding carboxylic acids is 3. The largest absolute Gasteiger partial charge is 0.467 e. The molecule has 0 N–H and O–H groups in total. The molecule has 1 aromatic carbocycles. The molecule has 182 valence electrons. The Balaban J connectivity index is 1.69. The smallest absolute Gasteiger partial charge is 0.329 e. The van der Waals surface area contributed by atoms with Gasteiger partial charge in [-0.05, 0) is 43.1 Å². The molecule has 1 aliphatic heterocycles. The summed E-state index contributed by atoms with van der Waals surface area (Å²) in [5.74, 6) is -1.52. The fourth-order valence-corrected chi connectivity index (χ4v) is 4.74. The zero-order valence-corrected chi connectivity index (χ0v) is 20.4. The SMILES string of the molecule is COC(=O)[C@@H]1CN(CCc2ccccc2)CN1C(=O)[C@@H](CC(=O)OC1CCCC1)C(C)(C)C. The van der Waals surface area contributed by atoms with E-state index in [1.807, 2.05) is 39.0 Å². The van der Waals surface area contributed by atoms with Crippen LogP contribution in [0.3, 0.4) is 0 Å². The number of rotatable bonds is 8. The van der Waals surface area contributed by atoms with Crippen LogP contribution in [-0.4, -0.2) is 66.7 Å². The van der Waals surface area contributed by atoms with Crippen molar-refractivity contribution in [3.05, 3.63) is 35.9 Å². The summed E-state index contributed by atoms with van der Waals surface area (Å²) in [7, 11) is 1.35. The second-order valence-electron chi connectivity index (χ2n) is 10.3. The third-order valence-corrected chi connectivity index (χ3v) is 6.79. The lowest BCUT2D eigenvalue weighted by molar-refractivity contribution is -0.158. The zero-order chi connectivity index (χ0) is 24.0. The molecule has 0 radical (unpaired) electrons. The summed E-state index contributed by atoms with van der Waals surface area (Å²) in [5, 5.41) is 0. The Hall–Kier alpha value is -2.41. The Morgan fingerprint density at radius 2 is 1.76 bits per heavy atom. The van der Waals surface area contributed by atoms with E-state index in [-0.39, 0.29) is 24.4 Å². The zero-order valence-electron chi connectivity index (χ0n) is 20.4. The molecule has 1 saturated heterocycles. The number of esters is 2. The van der Waals surface area contributed by atoms with E-state index in [0.717, 1.165) is 38.6 Å². The second-order valence-corrected chi connectivity index (χ2v) is 10.3. The maximum absolute atomic E-state index is 13.7. The number of methoxy groups -OCH3 is 1. The third-order valence-electron chi connectivity index (χ3n) is 6.79. The van der Waals surface area contributed by atoms with Gasteiger partial charge in [-0.2, -0.15) is 0 Å². The fourth-order valence-electron chi connectivity index (χ4n) is 4.74. The van der Waals surface area contributed by atoms with E-state index in [2.05, 4.69) is 17.0 Å². The molecule has 2 atom stereocenters. The van der Waals surface area contributed by atoms with E-state index in [4.69, 9.17) is 9.47 Å². The molecule has 1 heterocycles. The summed E-state index contributed by atoms with van der Waals surface area (Å²) in [6.45, 7) is 7.36. The van der Waals surface area contributed by atoms with E-state index in [1.54, 1.807) is 4.90 Å². The van der Waals surface area contributed by atoms with Crippen molar-refractivity contribution in [1.29, 1.82) is 0 Å². The van der Waals surface area contributed by atoms with Crippen LogP contribution < -0.4 is 0 Å². The minimum atomic E-state index is -0.672. The predicted octanol–water partition coefficient (Wildman–Crippen LogP) is 3.41. The minimum Gasteiger partial charge on any atom is -0.467 e. The molecule has 0 bridgehead atoms. The standard InChI is InChI=1S/C26H38N2O5/c1-26(2,3)21(16-23(29)33-20-12-8-9-13-20)24(30)28-18-27(17-22(28)25(31)32-4)15-14-19-10-6-5-7-11-19/h5-7,10-11,20-22H,8-9,12-18H2,1-4H3/t21-,22+/m1/s1. The summed E-state index contributed by atoms with van der Waals surface area (Å²) < 4.78 is 10.7. The van der Waals surface area contributed by atoms with Gasteiger partial charge in [0.05, 0.1) is 26.1 Å². The molecule has 1 aromatic rings. The highest BCUT2D eigenvalue weighted by Crippen LogP contribution is 2.33. The Bertz CT molecular complexity index is 814. The lowest BCUT2D eigenvalue weighted by Crippen LogP contribution is -2.48. The minimum absolute atomic E-state index is 0.0211. The number of nitrogens with zero attached hydrogens (tertiary/aromatic N) is 2. The molecule has 1 aliphatic carbocycles. The number of ether oxygens (including phenoxy) is 2. The highest BCUT2D eigenvalue weighted by atomic mass is 16.5. The molecule has 0 unspecified atom stereocenters. The Morgan fingerprint density at radius 1 is 1.09 bits per heavy atom. The molecule has 33 heavy (non-hydrogen) atoms. The van der Waals surface area contributed by atoms with Crippen LogP contribution >= 0.6 is 0 Å². The third kappa shape index (κ3) is 6.79. The van der Waals surface area contributed by atoms with Crippen molar-refractivity contribution in [2.75, 3.05) is 26.9 Å². The first-order valence-corrected chi connectivity index (χ1v) is 12.0. The van der Waals surface area contributed by atoms with E-state index in [9.17, 15) is 14.4 Å². The Kier molecular flexibility index (Phi) is 8.51. The molecule has 7 heteroatoms. The number of hydrogen-bond acceptors (Lipinski definition) is 6. The number of amides is 1. The van der Waals surface area contributed by atoms with Crippen LogP contribution in [-0.2, 0) is 30.3 Å². The van der Waals surface area contributed by atoms with Crippen LogP contribution in [0.5, 0.6) is 0 Å². The first kappa shape index (κ1) is 25.2. The van der Waals surface area contributed by atoms with Crippen molar-refractivity contribution in [2.45, 2.75) is 71.4 Å². The maximum Gasteiger partial charge on any atom is 0.329 e. The average molecular weight is 459 g/mol. The average Bonchev–Trinajstić information content (AvgIpc) is 3.45. The summed E-state index contributed by atoms with van der Waals surface area (Å²) >= 11 is 0. The van der Waals surface area contributed by atoms with Crippen LogP contribution in [0, 0.1) is 11.3 Å². The number of hydrogen-bond donors (Lipinski definition) is 0. The Morgan fingerprint density at radius 3 is 2.36 bits per heavy atom. The quantitative estimate of drug-likeness (QED) is 0.556. The van der Waals surface area contributed by atoms with Gasteiger partial charge in [-0.3, -0.25) is 14.5 Å². The van der Waals surface area contributed by atoms with E-state index >= 15 is 0 Å². The van der Waals surface area contributed by atoms with Crippen molar-refractivity contribution < 1.29 is 23.9 Å². The summed E-state index contributed by atoms with van der Waals surface area (Å²) in [4.78, 5) is 42.6.